The van der Waals surface area contributed by atoms with Crippen LogP contribution in [0.15, 0.2) is 79.1 Å². The minimum atomic E-state index is -0.153. The van der Waals surface area contributed by atoms with Crippen molar-refractivity contribution in [1.82, 2.24) is 10.3 Å². The van der Waals surface area contributed by atoms with Gasteiger partial charge in [0.1, 0.15) is 12.4 Å². The summed E-state index contributed by atoms with van der Waals surface area (Å²) in [6.45, 7) is 2.40. The van der Waals surface area contributed by atoms with Gasteiger partial charge in [-0.3, -0.25) is 9.78 Å². The molecule has 0 aliphatic heterocycles. The van der Waals surface area contributed by atoms with E-state index in [1.54, 1.807) is 18.5 Å². The third-order valence-electron chi connectivity index (χ3n) is 4.16. The van der Waals surface area contributed by atoms with Crippen LogP contribution in [0, 0.1) is 0 Å². The molecule has 0 spiro atoms. The molecule has 0 radical (unpaired) electrons. The molecular formula is C23H21ClN2O2. The molecule has 0 aliphatic rings. The second kappa shape index (κ2) is 9.72. The third-order valence-corrected chi connectivity index (χ3v) is 4.42. The van der Waals surface area contributed by atoms with E-state index in [0.29, 0.717) is 11.6 Å². The van der Waals surface area contributed by atoms with E-state index < -0.39 is 0 Å². The van der Waals surface area contributed by atoms with Gasteiger partial charge in [0, 0.05) is 29.1 Å². The number of hydrogen-bond acceptors (Lipinski definition) is 3. The Morgan fingerprint density at radius 1 is 1.14 bits per heavy atom. The first-order chi connectivity index (χ1) is 13.6. The maximum absolute atomic E-state index is 12.1. The lowest BCUT2D eigenvalue weighted by atomic mass is 10.1. The van der Waals surface area contributed by atoms with E-state index in [-0.39, 0.29) is 11.9 Å². The fourth-order valence-electron chi connectivity index (χ4n) is 2.59. The summed E-state index contributed by atoms with van der Waals surface area (Å²) in [5.74, 6) is 0.612. The number of pyridine rings is 1. The van der Waals surface area contributed by atoms with Crippen molar-refractivity contribution in [3.05, 3.63) is 101 Å². The predicted molar refractivity (Wildman–Crippen MR) is 112 cm³/mol. The van der Waals surface area contributed by atoms with Gasteiger partial charge in [-0.2, -0.15) is 0 Å². The van der Waals surface area contributed by atoms with Crippen LogP contribution in [0.2, 0.25) is 5.02 Å². The largest absolute Gasteiger partial charge is 0.489 e. The Balaban J connectivity index is 1.50. The average molecular weight is 393 g/mol. The lowest BCUT2D eigenvalue weighted by molar-refractivity contribution is -0.117. The van der Waals surface area contributed by atoms with Crippen molar-refractivity contribution >= 4 is 23.6 Å². The molecule has 0 bridgehead atoms. The molecule has 3 rings (SSSR count). The minimum absolute atomic E-state index is 0.0994. The number of aromatic nitrogens is 1. The second-order valence-corrected chi connectivity index (χ2v) is 6.77. The second-order valence-electron chi connectivity index (χ2n) is 6.33. The number of amides is 1. The summed E-state index contributed by atoms with van der Waals surface area (Å²) < 4.78 is 5.73. The van der Waals surface area contributed by atoms with Crippen molar-refractivity contribution < 1.29 is 9.53 Å². The van der Waals surface area contributed by atoms with Gasteiger partial charge in [-0.05, 0) is 54.5 Å². The predicted octanol–water partition coefficient (Wildman–Crippen LogP) is 5.20. The van der Waals surface area contributed by atoms with E-state index in [1.807, 2.05) is 67.6 Å². The molecule has 5 heteroatoms. The maximum atomic E-state index is 12.1. The Labute approximate surface area is 169 Å². The zero-order valence-electron chi connectivity index (χ0n) is 15.5. The summed E-state index contributed by atoms with van der Waals surface area (Å²) in [5.41, 5.74) is 2.93. The van der Waals surface area contributed by atoms with Crippen LogP contribution in [0.5, 0.6) is 5.75 Å². The molecular weight excluding hydrogens is 372 g/mol. The molecule has 1 unspecified atom stereocenters. The minimum Gasteiger partial charge on any atom is -0.489 e. The Kier molecular flexibility index (Phi) is 6.82. The zero-order valence-corrected chi connectivity index (χ0v) is 16.3. The van der Waals surface area contributed by atoms with Crippen LogP contribution in [-0.4, -0.2) is 10.9 Å². The molecule has 1 atom stereocenters. The van der Waals surface area contributed by atoms with Gasteiger partial charge in [0.15, 0.2) is 0 Å². The van der Waals surface area contributed by atoms with Gasteiger partial charge in [-0.15, -0.1) is 0 Å². The van der Waals surface area contributed by atoms with E-state index in [1.165, 1.54) is 6.08 Å². The van der Waals surface area contributed by atoms with Crippen LogP contribution in [-0.2, 0) is 11.4 Å². The number of halogens is 1. The highest BCUT2D eigenvalue weighted by Gasteiger charge is 2.07. The monoisotopic (exact) mass is 392 g/mol. The van der Waals surface area contributed by atoms with Crippen LogP contribution in [0.3, 0.4) is 0 Å². The number of carbonyl (C=O) groups is 1. The molecule has 1 amide bonds. The number of carbonyl (C=O) groups excluding carboxylic acids is 1. The van der Waals surface area contributed by atoms with Gasteiger partial charge in [-0.1, -0.05) is 41.9 Å². The van der Waals surface area contributed by atoms with Crippen molar-refractivity contribution in [2.24, 2.45) is 0 Å². The van der Waals surface area contributed by atoms with Crippen LogP contribution in [0.4, 0.5) is 0 Å². The number of benzene rings is 2. The molecule has 0 saturated carbocycles. The normalized spacial score (nSPS) is 11.9. The number of ether oxygens (including phenoxy) is 1. The van der Waals surface area contributed by atoms with E-state index >= 15 is 0 Å². The summed E-state index contributed by atoms with van der Waals surface area (Å²) in [4.78, 5) is 16.2. The zero-order chi connectivity index (χ0) is 19.8. The molecule has 1 N–H and O–H groups in total. The quantitative estimate of drug-likeness (QED) is 0.562. The van der Waals surface area contributed by atoms with Gasteiger partial charge in [0.2, 0.25) is 5.91 Å². The van der Waals surface area contributed by atoms with Crippen molar-refractivity contribution in [1.29, 1.82) is 0 Å². The van der Waals surface area contributed by atoms with Crippen molar-refractivity contribution in [2.45, 2.75) is 19.6 Å². The van der Waals surface area contributed by atoms with Crippen LogP contribution < -0.4 is 10.1 Å². The molecule has 2 aromatic carbocycles. The lowest BCUT2D eigenvalue weighted by Gasteiger charge is -2.12. The van der Waals surface area contributed by atoms with Crippen LogP contribution in [0.25, 0.3) is 6.08 Å². The fourth-order valence-corrected chi connectivity index (χ4v) is 2.72. The SMILES string of the molecule is CC(NC(=O)C=Cc1ccc(OCc2cccnc2)cc1)c1ccc(Cl)cc1. The van der Waals surface area contributed by atoms with Gasteiger partial charge < -0.3 is 10.1 Å². The molecule has 1 aromatic heterocycles. The van der Waals surface area contributed by atoms with Crippen molar-refractivity contribution in [3.63, 3.8) is 0 Å². The van der Waals surface area contributed by atoms with Gasteiger partial charge in [0.05, 0.1) is 6.04 Å². The highest BCUT2D eigenvalue weighted by atomic mass is 35.5. The van der Waals surface area contributed by atoms with Crippen molar-refractivity contribution in [2.75, 3.05) is 0 Å². The molecule has 28 heavy (non-hydrogen) atoms. The topological polar surface area (TPSA) is 51.2 Å². The highest BCUT2D eigenvalue weighted by molar-refractivity contribution is 6.30. The number of rotatable bonds is 7. The summed E-state index contributed by atoms with van der Waals surface area (Å²) in [5, 5.41) is 3.61. The average Bonchev–Trinajstić information content (AvgIpc) is 2.72. The number of nitrogens with one attached hydrogen (secondary N) is 1. The molecule has 3 aromatic rings. The van der Waals surface area contributed by atoms with Gasteiger partial charge >= 0.3 is 0 Å². The summed E-state index contributed by atoms with van der Waals surface area (Å²) >= 11 is 5.89. The smallest absolute Gasteiger partial charge is 0.244 e. The fraction of sp³-hybridized carbons (Fsp3) is 0.130. The Bertz CT molecular complexity index is 923. The molecule has 0 aliphatic carbocycles. The first-order valence-corrected chi connectivity index (χ1v) is 9.34. The molecule has 1 heterocycles. The highest BCUT2D eigenvalue weighted by Crippen LogP contribution is 2.17. The summed E-state index contributed by atoms with van der Waals surface area (Å²) in [6, 6.07) is 18.8. The van der Waals surface area contributed by atoms with E-state index in [0.717, 1.165) is 22.4 Å². The first kappa shape index (κ1) is 19.6. The third kappa shape index (κ3) is 5.96. The molecule has 0 fully saturated rings. The van der Waals surface area contributed by atoms with E-state index in [9.17, 15) is 4.79 Å². The summed E-state index contributed by atoms with van der Waals surface area (Å²) in [6.07, 6.45) is 6.81. The molecule has 0 saturated heterocycles. The van der Waals surface area contributed by atoms with Crippen LogP contribution >= 0.6 is 11.6 Å². The lowest BCUT2D eigenvalue weighted by Crippen LogP contribution is -2.24. The first-order valence-electron chi connectivity index (χ1n) is 8.96. The van der Waals surface area contributed by atoms with E-state index in [4.69, 9.17) is 16.3 Å². The Hall–Kier alpha value is -3.11. The number of hydrogen-bond donors (Lipinski definition) is 1. The molecule has 142 valence electrons. The Morgan fingerprint density at radius 3 is 2.57 bits per heavy atom. The van der Waals surface area contributed by atoms with Gasteiger partial charge in [0.25, 0.3) is 0 Å². The van der Waals surface area contributed by atoms with Crippen molar-refractivity contribution in [3.8, 4) is 5.75 Å². The van der Waals surface area contributed by atoms with E-state index in [2.05, 4.69) is 10.3 Å². The standard InChI is InChI=1S/C23H21ClN2O2/c1-17(20-7-9-21(24)10-8-20)26-23(27)13-6-18-4-11-22(12-5-18)28-16-19-3-2-14-25-15-19/h2-15,17H,16H2,1H3,(H,26,27). The molecule has 4 nitrogen and oxygen atoms in total. The number of nitrogens with zero attached hydrogens (tertiary/aromatic N) is 1. The Morgan fingerprint density at radius 2 is 1.89 bits per heavy atom. The van der Waals surface area contributed by atoms with Crippen LogP contribution in [0.1, 0.15) is 29.7 Å². The van der Waals surface area contributed by atoms with Gasteiger partial charge in [-0.25, -0.2) is 0 Å². The maximum Gasteiger partial charge on any atom is 0.244 e. The summed E-state index contributed by atoms with van der Waals surface area (Å²) in [7, 11) is 0.